The topological polar surface area (TPSA) is 164 Å². The monoisotopic (exact) mass is 1020 g/mol. The van der Waals surface area contributed by atoms with E-state index < -0.39 is 35.1 Å². The minimum absolute atomic E-state index is 0.0117. The summed E-state index contributed by atoms with van der Waals surface area (Å²) in [6.45, 7) is 6.91. The maximum Gasteiger partial charge on any atom is 0.329 e. The van der Waals surface area contributed by atoms with E-state index in [2.05, 4.69) is 32.6 Å². The molecule has 5 aromatic rings. The SMILES string of the molecule is COc1ccc(C(N)=O)c(-c2c(Cl)c(F)cc3c2[C@H](C)[C@@](/C=C\NC2CCC(C(=O)N4CCC(CCN5CCC(c6cccc7c(N8CCC(=O)NC8=O)nn(C)c67)CC5)CC4)CC2)(c2ccccc2)O3)c1F. The summed E-state index contributed by atoms with van der Waals surface area (Å²) in [6, 6.07) is 19.3. The predicted molar refractivity (Wildman–Crippen MR) is 276 cm³/mol. The van der Waals surface area contributed by atoms with Crippen LogP contribution in [0.4, 0.5) is 19.4 Å². The number of nitrogens with zero attached hydrogens (tertiary/aromatic N) is 5. The molecule has 17 heteroatoms. The summed E-state index contributed by atoms with van der Waals surface area (Å²) in [7, 11) is 3.23. The van der Waals surface area contributed by atoms with Gasteiger partial charge < -0.3 is 30.3 Å². The highest BCUT2D eigenvalue weighted by Crippen LogP contribution is 2.57. The molecule has 5 aliphatic rings. The van der Waals surface area contributed by atoms with Gasteiger partial charge in [-0.15, -0.1) is 0 Å². The highest BCUT2D eigenvalue weighted by Gasteiger charge is 2.49. The highest BCUT2D eigenvalue weighted by molar-refractivity contribution is 6.34. The Morgan fingerprint density at radius 2 is 1.68 bits per heavy atom. The Morgan fingerprint density at radius 1 is 0.945 bits per heavy atom. The number of hydrogen-bond acceptors (Lipinski definition) is 9. The number of imide groups is 1. The molecule has 0 spiro atoms. The third-order valence-corrected chi connectivity index (χ3v) is 16.7. The average molecular weight is 1020 g/mol. The lowest BCUT2D eigenvalue weighted by Gasteiger charge is -2.37. The second-order valence-electron chi connectivity index (χ2n) is 20.5. The second-order valence-corrected chi connectivity index (χ2v) is 20.9. The Hall–Kier alpha value is -6.52. The number of fused-ring (bicyclic) bond motifs is 2. The molecule has 4 N–H and O–H groups in total. The van der Waals surface area contributed by atoms with Crippen LogP contribution in [0, 0.1) is 23.5 Å². The lowest BCUT2D eigenvalue weighted by atomic mass is 9.77. The summed E-state index contributed by atoms with van der Waals surface area (Å²) in [6.07, 6.45) is 12.5. The predicted octanol–water partition coefficient (Wildman–Crippen LogP) is 9.29. The number of amides is 5. The molecule has 0 radical (unpaired) electrons. The van der Waals surface area contributed by atoms with Crippen molar-refractivity contribution in [2.45, 2.75) is 94.6 Å². The number of benzene rings is 4. The zero-order chi connectivity index (χ0) is 51.1. The van der Waals surface area contributed by atoms with Crippen LogP contribution in [0.5, 0.6) is 11.5 Å². The van der Waals surface area contributed by atoms with E-state index in [0.29, 0.717) is 29.8 Å². The number of ether oxygens (including phenoxy) is 2. The van der Waals surface area contributed by atoms with Gasteiger partial charge in [0.2, 0.25) is 17.7 Å². The molecule has 14 nitrogen and oxygen atoms in total. The van der Waals surface area contributed by atoms with Gasteiger partial charge in [-0.2, -0.15) is 5.10 Å². The lowest BCUT2D eigenvalue weighted by molar-refractivity contribution is -0.138. The number of aromatic nitrogens is 2. The summed E-state index contributed by atoms with van der Waals surface area (Å²) >= 11 is 6.69. The van der Waals surface area contributed by atoms with Crippen LogP contribution in [0.3, 0.4) is 0 Å². The molecular formula is C56H63ClF2N8O6. The van der Waals surface area contributed by atoms with Gasteiger partial charge in [-0.1, -0.05) is 61.0 Å². The van der Waals surface area contributed by atoms with Crippen LogP contribution < -0.4 is 30.7 Å². The molecule has 4 aliphatic heterocycles. The van der Waals surface area contributed by atoms with Gasteiger partial charge in [0.15, 0.2) is 23.0 Å². The number of piperidine rings is 2. The van der Waals surface area contributed by atoms with Gasteiger partial charge in [0.1, 0.15) is 11.6 Å². The number of nitrogens with two attached hydrogens (primary N) is 1. The number of hydrogen-bond donors (Lipinski definition) is 3. The molecule has 4 fully saturated rings. The Kier molecular flexibility index (Phi) is 14.2. The minimum Gasteiger partial charge on any atom is -0.494 e. The van der Waals surface area contributed by atoms with Crippen molar-refractivity contribution in [3.05, 3.63) is 118 Å². The van der Waals surface area contributed by atoms with Crippen LogP contribution in [0.15, 0.2) is 79.0 Å². The summed E-state index contributed by atoms with van der Waals surface area (Å²) in [5, 5.41) is 11.3. The highest BCUT2D eigenvalue weighted by atomic mass is 35.5. The number of aryl methyl sites for hydroxylation is 1. The molecule has 3 saturated heterocycles. The van der Waals surface area contributed by atoms with Crippen LogP contribution in [0.2, 0.25) is 5.02 Å². The number of para-hydroxylation sites is 1. The first kappa shape index (κ1) is 50.0. The summed E-state index contributed by atoms with van der Waals surface area (Å²) in [4.78, 5) is 57.3. The number of rotatable bonds is 13. The first-order valence-electron chi connectivity index (χ1n) is 25.7. The molecule has 10 rings (SSSR count). The average Bonchev–Trinajstić information content (AvgIpc) is 3.88. The van der Waals surface area contributed by atoms with Crippen molar-refractivity contribution in [3.8, 4) is 22.6 Å². The van der Waals surface area contributed by atoms with Gasteiger partial charge >= 0.3 is 6.03 Å². The van der Waals surface area contributed by atoms with Gasteiger partial charge in [0.05, 0.1) is 23.2 Å². The van der Waals surface area contributed by atoms with E-state index in [1.54, 1.807) is 4.90 Å². The number of primary amides is 1. The van der Waals surface area contributed by atoms with E-state index in [-0.39, 0.29) is 63.4 Å². The standard InChI is InChI=1S/C56H63ClF2N8O6/c1-33-46-44(32-42(58)49(57)48(46)47-40(52(60)69)16-17-43(72-3)50(47)59)73-56(33,37-8-5-4-6-9-37)24-25-61-38-14-12-36(13-15-38)54(70)66-29-19-34(20-30-66)18-26-65-27-21-35(22-28-65)39-10-7-11-41-51(39)64(2)63-53(41)67-31-23-45(68)62-55(67)71/h4-11,16-17,24-25,32-36,38,61H,12-15,18-23,26-31H2,1-3H3,(H2,60,69)(H,62,68,71)/b25-24-/t33-,36?,38?,56-/m0/s1. The first-order chi connectivity index (χ1) is 35.3. The van der Waals surface area contributed by atoms with Crippen molar-refractivity contribution in [2.75, 3.05) is 51.3 Å². The van der Waals surface area contributed by atoms with Gasteiger partial charge in [0.25, 0.3) is 0 Å². The summed E-state index contributed by atoms with van der Waals surface area (Å²) in [5.74, 6) is -1.62. The van der Waals surface area contributed by atoms with Crippen molar-refractivity contribution in [3.63, 3.8) is 0 Å². The number of halogens is 3. The van der Waals surface area contributed by atoms with Crippen molar-refractivity contribution in [2.24, 2.45) is 24.6 Å². The molecule has 5 heterocycles. The third-order valence-electron chi connectivity index (χ3n) is 16.4. The molecule has 384 valence electrons. The molecule has 73 heavy (non-hydrogen) atoms. The molecule has 1 saturated carbocycles. The minimum atomic E-state index is -1.18. The maximum atomic E-state index is 16.2. The molecular weight excluding hydrogens is 954 g/mol. The van der Waals surface area contributed by atoms with E-state index in [0.717, 1.165) is 107 Å². The van der Waals surface area contributed by atoms with Gasteiger partial charge in [0, 0.05) is 79.1 Å². The second kappa shape index (κ2) is 20.8. The zero-order valence-electron chi connectivity index (χ0n) is 41.6. The Balaban J connectivity index is 0.715. The van der Waals surface area contributed by atoms with Crippen LogP contribution in [-0.2, 0) is 22.2 Å². The quantitative estimate of drug-likeness (QED) is 0.104. The smallest absolute Gasteiger partial charge is 0.329 e. The zero-order valence-corrected chi connectivity index (χ0v) is 42.4. The van der Waals surface area contributed by atoms with Gasteiger partial charge in [-0.25, -0.2) is 13.6 Å². The number of nitrogens with one attached hydrogen (secondary N) is 2. The number of methoxy groups -OCH3 is 1. The molecule has 0 bridgehead atoms. The fraction of sp³-hybridized carbons (Fsp3) is 0.446. The third kappa shape index (κ3) is 9.52. The van der Waals surface area contributed by atoms with Crippen molar-refractivity contribution < 1.29 is 37.4 Å². The Morgan fingerprint density at radius 3 is 2.38 bits per heavy atom. The molecule has 0 unspecified atom stereocenters. The Bertz CT molecular complexity index is 2960. The largest absolute Gasteiger partial charge is 0.494 e. The number of anilines is 1. The number of urea groups is 1. The number of likely N-dealkylation sites (tertiary alicyclic amines) is 2. The molecule has 2 atom stereocenters. The van der Waals surface area contributed by atoms with E-state index in [1.165, 1.54) is 30.9 Å². The van der Waals surface area contributed by atoms with Crippen LogP contribution in [0.25, 0.3) is 22.0 Å². The van der Waals surface area contributed by atoms with Crippen LogP contribution in [0.1, 0.15) is 110 Å². The summed E-state index contributed by atoms with van der Waals surface area (Å²) in [5.41, 5.74) is 7.62. The van der Waals surface area contributed by atoms with E-state index >= 15 is 8.78 Å². The number of carbonyl (C=O) groups excluding carboxylic acids is 4. The normalized spacial score (nSPS) is 23.2. The van der Waals surface area contributed by atoms with Crippen molar-refractivity contribution >= 4 is 52.1 Å². The maximum absolute atomic E-state index is 16.2. The van der Waals surface area contributed by atoms with Crippen LogP contribution >= 0.6 is 11.6 Å². The van der Waals surface area contributed by atoms with Crippen molar-refractivity contribution in [1.82, 2.24) is 30.2 Å². The lowest BCUT2D eigenvalue weighted by Crippen LogP contribution is -2.49. The molecule has 4 aromatic carbocycles. The van der Waals surface area contributed by atoms with Gasteiger partial charge in [-0.3, -0.25) is 29.3 Å². The molecule has 1 aromatic heterocycles. The van der Waals surface area contributed by atoms with Crippen LogP contribution in [-0.4, -0.2) is 95.8 Å². The van der Waals surface area contributed by atoms with E-state index in [9.17, 15) is 19.2 Å². The van der Waals surface area contributed by atoms with Crippen molar-refractivity contribution in [1.29, 1.82) is 0 Å². The first-order valence-corrected chi connectivity index (χ1v) is 26.1. The summed E-state index contributed by atoms with van der Waals surface area (Å²) < 4.78 is 45.8. The Labute approximate surface area is 429 Å². The van der Waals surface area contributed by atoms with Gasteiger partial charge in [-0.05, 0) is 131 Å². The van der Waals surface area contributed by atoms with E-state index in [4.69, 9.17) is 31.9 Å². The molecule has 1 aliphatic carbocycles. The fourth-order valence-electron chi connectivity index (χ4n) is 12.3. The fourth-order valence-corrected chi connectivity index (χ4v) is 12.5. The molecule has 5 amide bonds. The van der Waals surface area contributed by atoms with E-state index in [1.807, 2.05) is 67.3 Å². The number of carbonyl (C=O) groups is 4.